The molecule has 5 heterocycles. The Hall–Kier alpha value is -7.54. The van der Waals surface area contributed by atoms with E-state index in [9.17, 15) is 0 Å². The van der Waals surface area contributed by atoms with Crippen molar-refractivity contribution in [3.8, 4) is 22.9 Å². The van der Waals surface area contributed by atoms with Gasteiger partial charge in [-0.1, -0.05) is 149 Å². The van der Waals surface area contributed by atoms with Crippen LogP contribution in [0.4, 0.5) is 17.1 Å². The maximum atomic E-state index is 7.39. The SMILES string of the molecule is CCCCc1ccc2c(sc3ccccc32)c1N1c2cc(-n3c4ccccc4c4ccccc43)ccc2B2c3ccc(-n4c5ccccc5c5ccccc54)cc3Oc3cc(C(C)(C)C)cc1c32. The number of unbranched alkanes of at least 4 members (excludes halogenated alkanes) is 1. The summed E-state index contributed by atoms with van der Waals surface area (Å²) in [6.07, 6.45) is 3.22. The average Bonchev–Trinajstić information content (AvgIpc) is 4.03. The summed E-state index contributed by atoms with van der Waals surface area (Å²) in [4.78, 5) is 2.67. The predicted molar refractivity (Wildman–Crippen MR) is 291 cm³/mol. The second-order valence-electron chi connectivity index (χ2n) is 19.9. The van der Waals surface area contributed by atoms with Gasteiger partial charge in [-0.2, -0.15) is 0 Å². The molecular formula is C62H48BN3OS. The number of para-hydroxylation sites is 4. The molecule has 0 radical (unpaired) electrons. The van der Waals surface area contributed by atoms with E-state index in [-0.39, 0.29) is 12.1 Å². The normalized spacial score (nSPS) is 13.2. The largest absolute Gasteiger partial charge is 0.458 e. The molecule has 4 nitrogen and oxygen atoms in total. The molecule has 14 rings (SSSR count). The minimum absolute atomic E-state index is 0.0656. The standard InChI is InChI=1S/C62H48BN3OS/c1-5-6-17-38-28-31-47-46-22-11-16-27-58(46)68-61(47)60(38)66-54-36-40(64-50-23-12-7-18-42(50)43-19-8-13-24-51(43)64)29-32-48(54)63-49-33-30-41(65-52-25-14-9-20-44(52)45-21-10-15-26-53(45)65)37-56(49)67-57-35-39(62(2,3)4)34-55(66)59(57)63/h7-16,18-37H,5-6,17H2,1-4H3. The minimum Gasteiger partial charge on any atom is -0.458 e. The first-order valence-corrected chi connectivity index (χ1v) is 25.0. The van der Waals surface area contributed by atoms with E-state index in [1.807, 2.05) is 11.3 Å². The van der Waals surface area contributed by atoms with Gasteiger partial charge in [0, 0.05) is 65.8 Å². The van der Waals surface area contributed by atoms with Gasteiger partial charge in [-0.05, 0) is 106 Å². The topological polar surface area (TPSA) is 22.3 Å². The second kappa shape index (κ2) is 14.7. The average molecular weight is 894 g/mol. The molecule has 9 aromatic carbocycles. The Morgan fingerprint density at radius 3 is 1.68 bits per heavy atom. The summed E-state index contributed by atoms with van der Waals surface area (Å²) in [6, 6.07) is 68.1. The number of aromatic nitrogens is 2. The molecule has 0 saturated heterocycles. The van der Waals surface area contributed by atoms with Gasteiger partial charge in [0.25, 0.3) is 6.71 Å². The monoisotopic (exact) mass is 893 g/mol. The Morgan fingerprint density at radius 1 is 0.515 bits per heavy atom. The maximum absolute atomic E-state index is 7.39. The Kier molecular flexibility index (Phi) is 8.58. The smallest absolute Gasteiger partial charge is 0.256 e. The highest BCUT2D eigenvalue weighted by Gasteiger charge is 2.44. The lowest BCUT2D eigenvalue weighted by atomic mass is 9.34. The van der Waals surface area contributed by atoms with Crippen molar-refractivity contribution in [2.75, 3.05) is 4.90 Å². The zero-order chi connectivity index (χ0) is 45.4. The van der Waals surface area contributed by atoms with Crippen molar-refractivity contribution < 1.29 is 4.74 Å². The molecule has 0 bridgehead atoms. The van der Waals surface area contributed by atoms with Crippen LogP contribution in [-0.2, 0) is 11.8 Å². The molecule has 3 aromatic heterocycles. The van der Waals surface area contributed by atoms with Crippen LogP contribution in [0.3, 0.4) is 0 Å². The quantitative estimate of drug-likeness (QED) is 0.155. The Morgan fingerprint density at radius 2 is 1.07 bits per heavy atom. The van der Waals surface area contributed by atoms with E-state index < -0.39 is 0 Å². The van der Waals surface area contributed by atoms with Crippen molar-refractivity contribution in [3.63, 3.8) is 0 Å². The summed E-state index contributed by atoms with van der Waals surface area (Å²) < 4.78 is 14.9. The van der Waals surface area contributed by atoms with Crippen molar-refractivity contribution in [2.24, 2.45) is 0 Å². The molecule has 0 unspecified atom stereocenters. The van der Waals surface area contributed by atoms with Crippen molar-refractivity contribution in [2.45, 2.75) is 52.4 Å². The van der Waals surface area contributed by atoms with Crippen LogP contribution in [0.25, 0.3) is 75.2 Å². The summed E-state index contributed by atoms with van der Waals surface area (Å²) in [6.45, 7) is 9.23. The number of benzene rings is 9. The summed E-state index contributed by atoms with van der Waals surface area (Å²) in [7, 11) is 0. The van der Waals surface area contributed by atoms with Crippen LogP contribution in [0.5, 0.6) is 11.5 Å². The highest BCUT2D eigenvalue weighted by molar-refractivity contribution is 7.26. The van der Waals surface area contributed by atoms with Gasteiger partial charge in [-0.3, -0.25) is 0 Å². The van der Waals surface area contributed by atoms with Crippen molar-refractivity contribution >= 4 is 115 Å². The van der Waals surface area contributed by atoms with Crippen molar-refractivity contribution in [3.05, 3.63) is 193 Å². The number of nitrogens with zero attached hydrogens (tertiary/aromatic N) is 3. The van der Waals surface area contributed by atoms with Gasteiger partial charge in [0.2, 0.25) is 0 Å². The van der Waals surface area contributed by atoms with Crippen LogP contribution < -0.4 is 26.0 Å². The molecule has 6 heteroatoms. The molecule has 0 atom stereocenters. The first-order valence-electron chi connectivity index (χ1n) is 24.2. The van der Waals surface area contributed by atoms with E-state index in [1.54, 1.807) is 0 Å². The van der Waals surface area contributed by atoms with Gasteiger partial charge in [0.05, 0.1) is 32.5 Å². The van der Waals surface area contributed by atoms with E-state index in [1.165, 1.54) is 108 Å². The number of rotatable bonds is 6. The fourth-order valence-corrected chi connectivity index (χ4v) is 13.0. The van der Waals surface area contributed by atoms with E-state index >= 15 is 0 Å². The minimum atomic E-state index is -0.152. The Labute approximate surface area is 400 Å². The molecule has 0 fully saturated rings. The molecule has 326 valence electrons. The number of fused-ring (bicyclic) bond motifs is 13. The number of anilines is 3. The van der Waals surface area contributed by atoms with Crippen LogP contribution in [0, 0.1) is 0 Å². The second-order valence-corrected chi connectivity index (χ2v) is 20.9. The van der Waals surface area contributed by atoms with Gasteiger partial charge in [-0.25, -0.2) is 0 Å². The van der Waals surface area contributed by atoms with E-state index in [0.717, 1.165) is 42.1 Å². The fourth-order valence-electron chi connectivity index (χ4n) is 11.7. The lowest BCUT2D eigenvalue weighted by Gasteiger charge is -2.42. The Balaban J connectivity index is 1.08. The van der Waals surface area contributed by atoms with Crippen LogP contribution in [0.2, 0.25) is 0 Å². The predicted octanol–water partition coefficient (Wildman–Crippen LogP) is 15.3. The molecule has 0 amide bonds. The van der Waals surface area contributed by atoms with Crippen LogP contribution in [0.15, 0.2) is 182 Å². The number of hydrogen-bond donors (Lipinski definition) is 0. The highest BCUT2D eigenvalue weighted by Crippen LogP contribution is 2.50. The molecule has 12 aromatic rings. The fraction of sp³-hybridized carbons (Fsp3) is 0.129. The molecule has 68 heavy (non-hydrogen) atoms. The van der Waals surface area contributed by atoms with Crippen LogP contribution >= 0.6 is 11.3 Å². The van der Waals surface area contributed by atoms with Gasteiger partial charge in [-0.15, -0.1) is 11.3 Å². The molecular weight excluding hydrogens is 846 g/mol. The van der Waals surface area contributed by atoms with E-state index in [2.05, 4.69) is 224 Å². The van der Waals surface area contributed by atoms with Crippen LogP contribution in [-0.4, -0.2) is 15.8 Å². The first kappa shape index (κ1) is 39.6. The summed E-state index contributed by atoms with van der Waals surface area (Å²) in [5, 5.41) is 7.64. The van der Waals surface area contributed by atoms with Gasteiger partial charge < -0.3 is 18.8 Å². The Bertz CT molecular complexity index is 3960. The zero-order valence-electron chi connectivity index (χ0n) is 38.7. The highest BCUT2D eigenvalue weighted by atomic mass is 32.1. The van der Waals surface area contributed by atoms with E-state index in [4.69, 9.17) is 4.74 Å². The molecule has 0 N–H and O–H groups in total. The maximum Gasteiger partial charge on any atom is 0.256 e. The zero-order valence-corrected chi connectivity index (χ0v) is 39.5. The molecule has 0 spiro atoms. The molecule has 2 aliphatic heterocycles. The van der Waals surface area contributed by atoms with E-state index in [0.29, 0.717) is 0 Å². The third kappa shape index (κ3) is 5.67. The number of hydrogen-bond acceptors (Lipinski definition) is 3. The molecule has 0 saturated carbocycles. The van der Waals surface area contributed by atoms with Crippen molar-refractivity contribution in [1.82, 2.24) is 9.13 Å². The van der Waals surface area contributed by atoms with Gasteiger partial charge >= 0.3 is 0 Å². The van der Waals surface area contributed by atoms with Crippen molar-refractivity contribution in [1.29, 1.82) is 0 Å². The summed E-state index contributed by atoms with van der Waals surface area (Å²) in [5.41, 5.74) is 16.9. The summed E-state index contributed by atoms with van der Waals surface area (Å²) in [5.74, 6) is 1.84. The number of thiophene rings is 1. The molecule has 0 aliphatic carbocycles. The number of aryl methyl sites for hydroxylation is 1. The van der Waals surface area contributed by atoms with Crippen LogP contribution in [0.1, 0.15) is 51.7 Å². The first-order chi connectivity index (χ1) is 33.3. The lowest BCUT2D eigenvalue weighted by Crippen LogP contribution is -2.59. The summed E-state index contributed by atoms with van der Waals surface area (Å²) >= 11 is 1.93. The number of ether oxygens (including phenoxy) is 1. The third-order valence-corrected chi connectivity index (χ3v) is 16.1. The third-order valence-electron chi connectivity index (χ3n) is 14.9. The molecule has 2 aliphatic rings. The van der Waals surface area contributed by atoms with Gasteiger partial charge in [0.1, 0.15) is 11.5 Å². The lowest BCUT2D eigenvalue weighted by molar-refractivity contribution is 0.483. The van der Waals surface area contributed by atoms with Gasteiger partial charge in [0.15, 0.2) is 0 Å².